The summed E-state index contributed by atoms with van der Waals surface area (Å²) in [5.41, 5.74) is 5.43. The minimum atomic E-state index is -2.43. The first-order valence-electron chi connectivity index (χ1n) is 4.40. The number of ether oxygens (including phenoxy) is 1. The molecule has 0 aromatic heterocycles. The van der Waals surface area contributed by atoms with Gasteiger partial charge in [-0.2, -0.15) is 0 Å². The van der Waals surface area contributed by atoms with E-state index in [0.29, 0.717) is 0 Å². The van der Waals surface area contributed by atoms with Gasteiger partial charge in [-0.1, -0.05) is 20.8 Å². The largest absolute Gasteiger partial charge is 0.370 e. The maximum absolute atomic E-state index is 11.9. The predicted molar refractivity (Wildman–Crippen MR) is 48.8 cm³/mol. The highest BCUT2D eigenvalue weighted by Crippen LogP contribution is 2.24. The highest BCUT2D eigenvalue weighted by Gasteiger charge is 2.29. The Balaban J connectivity index is 4.12. The van der Waals surface area contributed by atoms with Crippen molar-refractivity contribution in [3.63, 3.8) is 0 Å². The first-order chi connectivity index (χ1) is 5.75. The number of nitrogens with two attached hydrogens (primary N) is 1. The van der Waals surface area contributed by atoms with Crippen LogP contribution >= 0.6 is 0 Å². The SMILES string of the molecule is CC(N)C(OCC(F)F)C(C)(C)C. The fourth-order valence-electron chi connectivity index (χ4n) is 1.37. The van der Waals surface area contributed by atoms with Crippen molar-refractivity contribution in [3.8, 4) is 0 Å². The van der Waals surface area contributed by atoms with E-state index < -0.39 is 13.0 Å². The highest BCUT2D eigenvalue weighted by atomic mass is 19.3. The number of hydrogen-bond acceptors (Lipinski definition) is 2. The summed E-state index contributed by atoms with van der Waals surface area (Å²) in [6, 6.07) is -0.237. The molecule has 0 fully saturated rings. The average Bonchev–Trinajstić information content (AvgIpc) is 1.81. The molecule has 0 saturated heterocycles. The average molecular weight is 195 g/mol. The Morgan fingerprint density at radius 3 is 2.00 bits per heavy atom. The molecule has 2 nitrogen and oxygen atoms in total. The topological polar surface area (TPSA) is 35.2 Å². The van der Waals surface area contributed by atoms with Crippen LogP contribution in [0.25, 0.3) is 0 Å². The van der Waals surface area contributed by atoms with Gasteiger partial charge in [-0.25, -0.2) is 8.78 Å². The van der Waals surface area contributed by atoms with Gasteiger partial charge in [0.15, 0.2) is 0 Å². The monoisotopic (exact) mass is 195 g/mol. The summed E-state index contributed by atoms with van der Waals surface area (Å²) < 4.78 is 28.8. The standard InChI is InChI=1S/C9H19F2NO/c1-6(12)8(9(2,3)4)13-5-7(10)11/h6-8H,5,12H2,1-4H3. The molecular weight excluding hydrogens is 176 g/mol. The first kappa shape index (κ1) is 12.8. The van der Waals surface area contributed by atoms with Gasteiger partial charge in [0.05, 0.1) is 6.10 Å². The van der Waals surface area contributed by atoms with Crippen molar-refractivity contribution in [2.45, 2.75) is 46.3 Å². The van der Waals surface area contributed by atoms with E-state index in [4.69, 9.17) is 10.5 Å². The van der Waals surface area contributed by atoms with Crippen LogP contribution < -0.4 is 5.73 Å². The third-order valence-electron chi connectivity index (χ3n) is 1.73. The summed E-state index contributed by atoms with van der Waals surface area (Å²) in [5.74, 6) is 0. The van der Waals surface area contributed by atoms with Crippen LogP contribution in [0, 0.1) is 5.41 Å². The van der Waals surface area contributed by atoms with Crippen LogP contribution in [0.2, 0.25) is 0 Å². The van der Waals surface area contributed by atoms with E-state index in [9.17, 15) is 8.78 Å². The van der Waals surface area contributed by atoms with E-state index in [-0.39, 0.29) is 17.6 Å². The second-order valence-electron chi connectivity index (χ2n) is 4.37. The van der Waals surface area contributed by atoms with Gasteiger partial charge in [0, 0.05) is 6.04 Å². The van der Waals surface area contributed by atoms with Crippen molar-refractivity contribution in [3.05, 3.63) is 0 Å². The molecule has 0 aliphatic rings. The second-order valence-corrected chi connectivity index (χ2v) is 4.37. The molecule has 13 heavy (non-hydrogen) atoms. The molecule has 2 atom stereocenters. The number of hydrogen-bond donors (Lipinski definition) is 1. The molecule has 2 N–H and O–H groups in total. The second kappa shape index (κ2) is 4.86. The molecule has 0 saturated carbocycles. The molecule has 0 radical (unpaired) electrons. The number of rotatable bonds is 4. The van der Waals surface area contributed by atoms with Crippen LogP contribution in [0.4, 0.5) is 8.78 Å². The lowest BCUT2D eigenvalue weighted by Crippen LogP contribution is -2.44. The zero-order valence-electron chi connectivity index (χ0n) is 8.68. The minimum absolute atomic E-state index is 0.205. The molecule has 2 unspecified atom stereocenters. The fraction of sp³-hybridized carbons (Fsp3) is 1.00. The Morgan fingerprint density at radius 2 is 1.77 bits per heavy atom. The van der Waals surface area contributed by atoms with Gasteiger partial charge in [-0.05, 0) is 12.3 Å². The van der Waals surface area contributed by atoms with Gasteiger partial charge in [0.1, 0.15) is 6.61 Å². The maximum atomic E-state index is 11.9. The Hall–Kier alpha value is -0.220. The van der Waals surface area contributed by atoms with Crippen LogP contribution in [0.15, 0.2) is 0 Å². The van der Waals surface area contributed by atoms with E-state index >= 15 is 0 Å². The minimum Gasteiger partial charge on any atom is -0.370 e. The molecule has 0 amide bonds. The van der Waals surface area contributed by atoms with Crippen molar-refractivity contribution in [1.29, 1.82) is 0 Å². The van der Waals surface area contributed by atoms with Gasteiger partial charge in [0.2, 0.25) is 0 Å². The van der Waals surface area contributed by atoms with E-state index in [1.165, 1.54) is 0 Å². The highest BCUT2D eigenvalue weighted by molar-refractivity contribution is 4.81. The first-order valence-corrected chi connectivity index (χ1v) is 4.40. The van der Waals surface area contributed by atoms with Crippen LogP contribution in [0.1, 0.15) is 27.7 Å². The van der Waals surface area contributed by atoms with Crippen molar-refractivity contribution in [2.24, 2.45) is 11.1 Å². The van der Waals surface area contributed by atoms with Crippen LogP contribution in [-0.4, -0.2) is 25.2 Å². The third-order valence-corrected chi connectivity index (χ3v) is 1.73. The molecule has 0 aliphatic heterocycles. The molecular formula is C9H19F2NO. The number of alkyl halides is 2. The van der Waals surface area contributed by atoms with Gasteiger partial charge >= 0.3 is 0 Å². The molecule has 0 aliphatic carbocycles. The molecule has 0 aromatic carbocycles. The molecule has 0 aromatic rings. The summed E-state index contributed by atoms with van der Waals surface area (Å²) in [7, 11) is 0. The van der Waals surface area contributed by atoms with Gasteiger partial charge in [-0.3, -0.25) is 0 Å². The third kappa shape index (κ3) is 5.16. The van der Waals surface area contributed by atoms with Crippen molar-refractivity contribution in [1.82, 2.24) is 0 Å². The lowest BCUT2D eigenvalue weighted by atomic mass is 9.85. The van der Waals surface area contributed by atoms with Crippen molar-refractivity contribution < 1.29 is 13.5 Å². The normalized spacial score (nSPS) is 17.5. The Bertz CT molecular complexity index is 143. The summed E-state index contributed by atoms with van der Waals surface area (Å²) in [6.07, 6.45) is -2.76. The van der Waals surface area contributed by atoms with E-state index in [0.717, 1.165) is 0 Å². The number of halogens is 2. The van der Waals surface area contributed by atoms with E-state index in [2.05, 4.69) is 0 Å². The van der Waals surface area contributed by atoms with Crippen molar-refractivity contribution >= 4 is 0 Å². The lowest BCUT2D eigenvalue weighted by Gasteiger charge is -2.33. The van der Waals surface area contributed by atoms with Crippen LogP contribution in [0.5, 0.6) is 0 Å². The molecule has 0 bridgehead atoms. The molecule has 0 spiro atoms. The smallest absolute Gasteiger partial charge is 0.261 e. The maximum Gasteiger partial charge on any atom is 0.261 e. The van der Waals surface area contributed by atoms with Crippen LogP contribution in [0.3, 0.4) is 0 Å². The summed E-state index contributed by atoms with van der Waals surface area (Å²) in [4.78, 5) is 0. The van der Waals surface area contributed by atoms with Gasteiger partial charge < -0.3 is 10.5 Å². The molecule has 80 valence electrons. The zero-order chi connectivity index (χ0) is 10.6. The molecule has 0 rings (SSSR count). The summed E-state index contributed by atoms with van der Waals surface area (Å²) in [5, 5.41) is 0. The molecule has 0 heterocycles. The van der Waals surface area contributed by atoms with Gasteiger partial charge in [0.25, 0.3) is 6.43 Å². The fourth-order valence-corrected chi connectivity index (χ4v) is 1.37. The zero-order valence-corrected chi connectivity index (χ0v) is 8.68. The quantitative estimate of drug-likeness (QED) is 0.745. The van der Waals surface area contributed by atoms with Gasteiger partial charge in [-0.15, -0.1) is 0 Å². The summed E-state index contributed by atoms with van der Waals surface area (Å²) in [6.45, 7) is 7.00. The Kier molecular flexibility index (Phi) is 4.78. The van der Waals surface area contributed by atoms with E-state index in [1.807, 2.05) is 20.8 Å². The van der Waals surface area contributed by atoms with Crippen molar-refractivity contribution in [2.75, 3.05) is 6.61 Å². The van der Waals surface area contributed by atoms with E-state index in [1.54, 1.807) is 6.92 Å². The molecule has 4 heteroatoms. The summed E-state index contributed by atoms with van der Waals surface area (Å²) >= 11 is 0. The lowest BCUT2D eigenvalue weighted by molar-refractivity contribution is -0.0735. The van der Waals surface area contributed by atoms with Crippen LogP contribution in [-0.2, 0) is 4.74 Å². The predicted octanol–water partition coefficient (Wildman–Crippen LogP) is 2.03. The Morgan fingerprint density at radius 1 is 1.31 bits per heavy atom. The Labute approximate surface area is 78.4 Å².